The van der Waals surface area contributed by atoms with Gasteiger partial charge in [0.05, 0.1) is 5.03 Å². The SMILES string of the molecule is O=C(/C(Cl)=C1/NCCS1)C(F)F. The summed E-state index contributed by atoms with van der Waals surface area (Å²) in [5.41, 5.74) is 0. The lowest BCUT2D eigenvalue weighted by Gasteiger charge is -2.01. The lowest BCUT2D eigenvalue weighted by atomic mass is 10.4. The molecule has 0 aromatic heterocycles. The third kappa shape index (κ3) is 2.10. The van der Waals surface area contributed by atoms with E-state index in [1.807, 2.05) is 0 Å². The summed E-state index contributed by atoms with van der Waals surface area (Å²) in [5, 5.41) is 2.73. The number of carbonyl (C=O) groups excluding carboxylic acids is 1. The minimum atomic E-state index is -3.02. The minimum Gasteiger partial charge on any atom is -0.378 e. The smallest absolute Gasteiger partial charge is 0.301 e. The molecule has 12 heavy (non-hydrogen) atoms. The van der Waals surface area contributed by atoms with Gasteiger partial charge in [-0.2, -0.15) is 0 Å². The molecule has 1 fully saturated rings. The molecule has 1 rings (SSSR count). The van der Waals surface area contributed by atoms with Crippen LogP contribution in [0.4, 0.5) is 8.78 Å². The zero-order valence-electron chi connectivity index (χ0n) is 5.94. The normalized spacial score (nSPS) is 21.0. The van der Waals surface area contributed by atoms with E-state index in [-0.39, 0.29) is 5.03 Å². The molecule has 0 atom stereocenters. The first-order valence-corrected chi connectivity index (χ1v) is 4.58. The summed E-state index contributed by atoms with van der Waals surface area (Å²) < 4.78 is 23.7. The Balaban J connectivity index is 2.73. The van der Waals surface area contributed by atoms with Crippen molar-refractivity contribution in [2.75, 3.05) is 12.3 Å². The molecule has 0 amide bonds. The fraction of sp³-hybridized carbons (Fsp3) is 0.500. The Hall–Kier alpha value is -0.290. The van der Waals surface area contributed by atoms with Gasteiger partial charge in [-0.05, 0) is 0 Å². The van der Waals surface area contributed by atoms with E-state index in [0.717, 1.165) is 5.75 Å². The molecule has 0 unspecified atom stereocenters. The first kappa shape index (κ1) is 9.80. The zero-order valence-corrected chi connectivity index (χ0v) is 7.51. The van der Waals surface area contributed by atoms with Crippen molar-refractivity contribution < 1.29 is 13.6 Å². The molecule has 6 heteroatoms. The molecule has 0 saturated carbocycles. The summed E-state index contributed by atoms with van der Waals surface area (Å²) in [7, 11) is 0. The number of halogens is 3. The van der Waals surface area contributed by atoms with E-state index in [2.05, 4.69) is 5.32 Å². The highest BCUT2D eigenvalue weighted by Gasteiger charge is 2.24. The molecule has 1 heterocycles. The Morgan fingerprint density at radius 2 is 2.33 bits per heavy atom. The number of alkyl halides is 2. The molecule has 2 nitrogen and oxygen atoms in total. The fourth-order valence-corrected chi connectivity index (χ4v) is 1.87. The molecule has 1 aliphatic heterocycles. The Labute approximate surface area is 77.3 Å². The van der Waals surface area contributed by atoms with Crippen molar-refractivity contribution in [3.05, 3.63) is 10.1 Å². The monoisotopic (exact) mass is 213 g/mol. The van der Waals surface area contributed by atoms with Crippen LogP contribution in [0.2, 0.25) is 0 Å². The Kier molecular flexibility index (Phi) is 3.34. The lowest BCUT2D eigenvalue weighted by molar-refractivity contribution is -0.124. The van der Waals surface area contributed by atoms with Crippen molar-refractivity contribution in [2.24, 2.45) is 0 Å². The number of hydrogen-bond acceptors (Lipinski definition) is 3. The molecule has 0 bridgehead atoms. The number of rotatable bonds is 2. The van der Waals surface area contributed by atoms with E-state index in [9.17, 15) is 13.6 Å². The standard InChI is InChI=1S/C6H6ClF2NOS/c7-3(4(11)5(8)9)6-10-1-2-12-6/h5,10H,1-2H2/b6-3+. The molecule has 0 aliphatic carbocycles. The Bertz CT molecular complexity index is 224. The number of hydrogen-bond donors (Lipinski definition) is 1. The number of Topliss-reactive ketones (excluding diaryl/α,β-unsaturated/α-hetero) is 1. The molecule has 1 aliphatic rings. The van der Waals surface area contributed by atoms with Crippen molar-refractivity contribution in [3.8, 4) is 0 Å². The van der Waals surface area contributed by atoms with Crippen LogP contribution in [-0.2, 0) is 4.79 Å². The summed E-state index contributed by atoms with van der Waals surface area (Å²) >= 11 is 6.68. The van der Waals surface area contributed by atoms with Gasteiger partial charge in [0.2, 0.25) is 5.78 Å². The number of allylic oxidation sites excluding steroid dienone is 1. The largest absolute Gasteiger partial charge is 0.378 e. The summed E-state index contributed by atoms with van der Waals surface area (Å²) in [4.78, 5) is 10.6. The van der Waals surface area contributed by atoms with Gasteiger partial charge < -0.3 is 5.32 Å². The molecular weight excluding hydrogens is 208 g/mol. The number of carbonyl (C=O) groups is 1. The molecule has 0 aromatic carbocycles. The van der Waals surface area contributed by atoms with E-state index in [4.69, 9.17) is 11.6 Å². The summed E-state index contributed by atoms with van der Waals surface area (Å²) in [6, 6.07) is 0. The maximum atomic E-state index is 11.8. The number of ketones is 1. The molecule has 1 saturated heterocycles. The van der Waals surface area contributed by atoms with Crippen LogP contribution in [0.1, 0.15) is 0 Å². The second-order valence-corrected chi connectivity index (χ2v) is 3.57. The highest BCUT2D eigenvalue weighted by molar-refractivity contribution is 8.03. The summed E-state index contributed by atoms with van der Waals surface area (Å²) in [6.07, 6.45) is -3.02. The first-order valence-electron chi connectivity index (χ1n) is 3.21. The molecular formula is C6H6ClF2NOS. The predicted molar refractivity (Wildman–Crippen MR) is 44.4 cm³/mol. The van der Waals surface area contributed by atoms with Gasteiger partial charge in [0.25, 0.3) is 0 Å². The van der Waals surface area contributed by atoms with Crippen LogP contribution in [0.15, 0.2) is 10.1 Å². The first-order chi connectivity index (χ1) is 5.63. The molecule has 1 N–H and O–H groups in total. The number of nitrogens with one attached hydrogen (secondary N) is 1. The van der Waals surface area contributed by atoms with Crippen molar-refractivity contribution in [2.45, 2.75) is 6.43 Å². The van der Waals surface area contributed by atoms with Crippen LogP contribution < -0.4 is 5.32 Å². The quantitative estimate of drug-likeness (QED) is 0.706. The third-order valence-corrected chi connectivity index (χ3v) is 2.78. The zero-order chi connectivity index (χ0) is 9.14. The van der Waals surface area contributed by atoms with E-state index >= 15 is 0 Å². The highest BCUT2D eigenvalue weighted by atomic mass is 35.5. The molecule has 68 valence electrons. The van der Waals surface area contributed by atoms with Crippen LogP contribution in [0.5, 0.6) is 0 Å². The van der Waals surface area contributed by atoms with E-state index in [1.165, 1.54) is 11.8 Å². The van der Waals surface area contributed by atoms with Crippen LogP contribution in [0.25, 0.3) is 0 Å². The van der Waals surface area contributed by atoms with Crippen LogP contribution >= 0.6 is 23.4 Å². The topological polar surface area (TPSA) is 29.1 Å². The van der Waals surface area contributed by atoms with Crippen LogP contribution in [0.3, 0.4) is 0 Å². The Morgan fingerprint density at radius 3 is 2.75 bits per heavy atom. The van der Waals surface area contributed by atoms with Gasteiger partial charge in [-0.15, -0.1) is 11.8 Å². The lowest BCUT2D eigenvalue weighted by Crippen LogP contribution is -2.14. The van der Waals surface area contributed by atoms with Gasteiger partial charge in [0.1, 0.15) is 5.03 Å². The van der Waals surface area contributed by atoms with Crippen molar-refractivity contribution in [1.82, 2.24) is 5.32 Å². The van der Waals surface area contributed by atoms with E-state index < -0.39 is 12.2 Å². The predicted octanol–water partition coefficient (Wildman–Crippen LogP) is 1.56. The fourth-order valence-electron chi connectivity index (χ4n) is 0.717. The van der Waals surface area contributed by atoms with Gasteiger partial charge in [-0.1, -0.05) is 11.6 Å². The average Bonchev–Trinajstić information content (AvgIpc) is 2.53. The highest BCUT2D eigenvalue weighted by Crippen LogP contribution is 2.25. The van der Waals surface area contributed by atoms with Gasteiger partial charge in [0, 0.05) is 12.3 Å². The van der Waals surface area contributed by atoms with Gasteiger partial charge in [-0.3, -0.25) is 4.79 Å². The molecule has 0 aromatic rings. The summed E-state index contributed by atoms with van der Waals surface area (Å²) in [5.74, 6) is -0.559. The second-order valence-electron chi connectivity index (χ2n) is 2.08. The molecule has 0 radical (unpaired) electrons. The van der Waals surface area contributed by atoms with Gasteiger partial charge in [0.15, 0.2) is 0 Å². The third-order valence-electron chi connectivity index (χ3n) is 1.25. The number of thioether (sulfide) groups is 1. The van der Waals surface area contributed by atoms with Gasteiger partial charge >= 0.3 is 6.43 Å². The summed E-state index contributed by atoms with van der Waals surface area (Å²) in [6.45, 7) is 0.659. The van der Waals surface area contributed by atoms with Crippen molar-refractivity contribution in [1.29, 1.82) is 0 Å². The van der Waals surface area contributed by atoms with E-state index in [0.29, 0.717) is 11.6 Å². The maximum absolute atomic E-state index is 11.8. The van der Waals surface area contributed by atoms with Crippen molar-refractivity contribution >= 4 is 29.1 Å². The van der Waals surface area contributed by atoms with E-state index in [1.54, 1.807) is 0 Å². The average molecular weight is 214 g/mol. The minimum absolute atomic E-state index is 0.363. The van der Waals surface area contributed by atoms with Crippen molar-refractivity contribution in [3.63, 3.8) is 0 Å². The maximum Gasteiger partial charge on any atom is 0.301 e. The second kappa shape index (κ2) is 4.09. The van der Waals surface area contributed by atoms with Gasteiger partial charge in [-0.25, -0.2) is 8.78 Å². The Morgan fingerprint density at radius 1 is 1.67 bits per heavy atom. The van der Waals surface area contributed by atoms with Crippen LogP contribution in [-0.4, -0.2) is 24.5 Å². The van der Waals surface area contributed by atoms with Crippen LogP contribution in [0, 0.1) is 0 Å². The molecule has 0 spiro atoms.